The lowest BCUT2D eigenvalue weighted by molar-refractivity contribution is 0.297. The number of hydrogen-bond acceptors (Lipinski definition) is 0. The molecule has 0 nitrogen and oxygen atoms in total. The Morgan fingerprint density at radius 2 is 1.35 bits per heavy atom. The molecule has 0 N–H and O–H groups in total. The second-order valence-electron chi connectivity index (χ2n) is 6.02. The van der Waals surface area contributed by atoms with Crippen LogP contribution in [0.15, 0.2) is 0 Å². The highest BCUT2D eigenvalue weighted by atomic mass is 28.1. The minimum Gasteiger partial charge on any atom is -0.0654 e. The van der Waals surface area contributed by atoms with Crippen molar-refractivity contribution in [1.82, 2.24) is 0 Å². The Kier molecular flexibility index (Phi) is 10.3. The van der Waals surface area contributed by atoms with Crippen LogP contribution >= 0.6 is 0 Å². The van der Waals surface area contributed by atoms with Gasteiger partial charge in [0.15, 0.2) is 0 Å². The molecule has 0 rings (SSSR count). The van der Waals surface area contributed by atoms with Gasteiger partial charge in [-0.2, -0.15) is 0 Å². The van der Waals surface area contributed by atoms with Crippen molar-refractivity contribution in [1.29, 1.82) is 0 Å². The van der Waals surface area contributed by atoms with Crippen LogP contribution in [0.25, 0.3) is 0 Å². The van der Waals surface area contributed by atoms with Crippen molar-refractivity contribution in [3.8, 4) is 0 Å². The smallest absolute Gasteiger partial charge is 0.0110 e. The highest BCUT2D eigenvalue weighted by Crippen LogP contribution is 2.43. The molecule has 0 aliphatic heterocycles. The lowest BCUT2D eigenvalue weighted by atomic mass is 9.81. The molecule has 17 heavy (non-hydrogen) atoms. The number of unbranched alkanes of at least 4 members (excludes halogenated alkanes) is 5. The van der Waals surface area contributed by atoms with E-state index in [1.165, 1.54) is 74.5 Å². The summed E-state index contributed by atoms with van der Waals surface area (Å²) in [5.74, 6) is 1.01. The molecular weight excluding hydrogens is 220 g/mol. The van der Waals surface area contributed by atoms with Crippen LogP contribution in [0.1, 0.15) is 91.9 Å². The van der Waals surface area contributed by atoms with E-state index in [-0.39, 0.29) is 0 Å². The standard InChI is InChI=1S/C16H36Si/c1-5-9-10-11-12-13-14-15(6-2)16(17,7-3)8-4/h15H,5-14H2,1-4,17H3. The normalized spacial score (nSPS) is 14.1. The van der Waals surface area contributed by atoms with Crippen LogP contribution < -0.4 is 0 Å². The van der Waals surface area contributed by atoms with Crippen LogP contribution in [-0.4, -0.2) is 10.2 Å². The van der Waals surface area contributed by atoms with E-state index < -0.39 is 0 Å². The van der Waals surface area contributed by atoms with Crippen molar-refractivity contribution >= 4 is 10.2 Å². The molecule has 1 heteroatoms. The van der Waals surface area contributed by atoms with Crippen molar-refractivity contribution in [2.75, 3.05) is 0 Å². The first kappa shape index (κ1) is 17.2. The summed E-state index contributed by atoms with van der Waals surface area (Å²) in [6.07, 6.45) is 14.4. The minimum absolute atomic E-state index is 0.734. The molecule has 104 valence electrons. The van der Waals surface area contributed by atoms with Crippen LogP contribution in [0.4, 0.5) is 0 Å². The fourth-order valence-electron chi connectivity index (χ4n) is 3.04. The lowest BCUT2D eigenvalue weighted by Crippen LogP contribution is -2.22. The largest absolute Gasteiger partial charge is 0.0654 e. The van der Waals surface area contributed by atoms with Gasteiger partial charge in [0.05, 0.1) is 0 Å². The van der Waals surface area contributed by atoms with E-state index in [9.17, 15) is 0 Å². The van der Waals surface area contributed by atoms with Crippen molar-refractivity contribution in [3.05, 3.63) is 0 Å². The van der Waals surface area contributed by atoms with Gasteiger partial charge >= 0.3 is 0 Å². The van der Waals surface area contributed by atoms with Gasteiger partial charge in [-0.25, -0.2) is 0 Å². The van der Waals surface area contributed by atoms with Crippen molar-refractivity contribution in [2.45, 2.75) is 96.9 Å². The van der Waals surface area contributed by atoms with Gasteiger partial charge in [0.25, 0.3) is 0 Å². The molecule has 0 aliphatic rings. The molecule has 0 saturated heterocycles. The highest BCUT2D eigenvalue weighted by molar-refractivity contribution is 6.15. The molecule has 0 amide bonds. The van der Waals surface area contributed by atoms with Gasteiger partial charge < -0.3 is 0 Å². The Morgan fingerprint density at radius 3 is 1.82 bits per heavy atom. The Hall–Kier alpha value is 0.217. The summed E-state index contributed by atoms with van der Waals surface area (Å²) < 4.78 is 0. The zero-order valence-corrected chi connectivity index (χ0v) is 15.1. The van der Waals surface area contributed by atoms with Crippen molar-refractivity contribution in [3.63, 3.8) is 0 Å². The van der Waals surface area contributed by atoms with E-state index in [1.54, 1.807) is 0 Å². The molecule has 0 aliphatic carbocycles. The molecule has 1 unspecified atom stereocenters. The van der Waals surface area contributed by atoms with Crippen LogP contribution in [0.2, 0.25) is 5.04 Å². The lowest BCUT2D eigenvalue weighted by Gasteiger charge is -2.36. The van der Waals surface area contributed by atoms with Crippen LogP contribution in [0.3, 0.4) is 0 Å². The summed E-state index contributed by atoms with van der Waals surface area (Å²) in [5, 5.41) is 0.734. The Labute approximate surface area is 113 Å². The first-order valence-electron chi connectivity index (χ1n) is 8.14. The van der Waals surface area contributed by atoms with Gasteiger partial charge in [-0.1, -0.05) is 91.9 Å². The molecule has 0 spiro atoms. The molecule has 0 saturated carbocycles. The van der Waals surface area contributed by atoms with Gasteiger partial charge in [-0.15, -0.1) is 0 Å². The topological polar surface area (TPSA) is 0 Å². The summed E-state index contributed by atoms with van der Waals surface area (Å²) in [5.41, 5.74) is 0. The van der Waals surface area contributed by atoms with Crippen LogP contribution in [0, 0.1) is 5.92 Å². The summed E-state index contributed by atoms with van der Waals surface area (Å²) in [7, 11) is 1.38. The second-order valence-corrected chi connectivity index (χ2v) is 8.01. The molecule has 0 bridgehead atoms. The van der Waals surface area contributed by atoms with E-state index in [4.69, 9.17) is 0 Å². The van der Waals surface area contributed by atoms with E-state index in [1.807, 2.05) is 0 Å². The molecular formula is C16H36Si. The zero-order chi connectivity index (χ0) is 13.1. The maximum atomic E-state index is 2.40. The Bertz CT molecular complexity index is 161. The number of hydrogen-bond donors (Lipinski definition) is 0. The minimum atomic E-state index is 0.734. The summed E-state index contributed by atoms with van der Waals surface area (Å²) in [6, 6.07) is 0. The third-order valence-corrected chi connectivity index (χ3v) is 7.23. The Balaban J connectivity index is 3.82. The average molecular weight is 257 g/mol. The third-order valence-electron chi connectivity index (χ3n) is 5.00. The van der Waals surface area contributed by atoms with Gasteiger partial charge in [-0.3, -0.25) is 0 Å². The molecule has 0 radical (unpaired) electrons. The molecule has 0 aromatic heterocycles. The number of rotatable bonds is 11. The van der Waals surface area contributed by atoms with Crippen LogP contribution in [-0.2, 0) is 0 Å². The summed E-state index contributed by atoms with van der Waals surface area (Å²) >= 11 is 0. The Morgan fingerprint density at radius 1 is 0.824 bits per heavy atom. The molecule has 0 fully saturated rings. The molecule has 0 aromatic rings. The summed E-state index contributed by atoms with van der Waals surface area (Å²) in [4.78, 5) is 0. The van der Waals surface area contributed by atoms with Gasteiger partial charge in [-0.05, 0) is 11.0 Å². The monoisotopic (exact) mass is 256 g/mol. The molecule has 0 heterocycles. The fourth-order valence-corrected chi connectivity index (χ4v) is 3.74. The molecule has 0 aromatic carbocycles. The van der Waals surface area contributed by atoms with E-state index >= 15 is 0 Å². The molecule has 1 atom stereocenters. The predicted octanol–water partition coefficient (Wildman–Crippen LogP) is 5.11. The van der Waals surface area contributed by atoms with E-state index in [0.29, 0.717) is 0 Å². The van der Waals surface area contributed by atoms with E-state index in [2.05, 4.69) is 27.7 Å². The van der Waals surface area contributed by atoms with Gasteiger partial charge in [0.1, 0.15) is 0 Å². The third kappa shape index (κ3) is 6.64. The SMILES string of the molecule is CCCCCCCCC(CC)C([SiH3])(CC)CC. The van der Waals surface area contributed by atoms with Gasteiger partial charge in [0.2, 0.25) is 0 Å². The maximum absolute atomic E-state index is 2.40. The second kappa shape index (κ2) is 10.2. The highest BCUT2D eigenvalue weighted by Gasteiger charge is 2.28. The first-order valence-corrected chi connectivity index (χ1v) is 9.14. The van der Waals surface area contributed by atoms with Crippen LogP contribution in [0.5, 0.6) is 0 Å². The fraction of sp³-hybridized carbons (Fsp3) is 1.00. The summed E-state index contributed by atoms with van der Waals surface area (Å²) in [6.45, 7) is 9.51. The zero-order valence-electron chi connectivity index (χ0n) is 13.1. The average Bonchev–Trinajstić information content (AvgIpc) is 2.37. The maximum Gasteiger partial charge on any atom is 0.0110 e. The van der Waals surface area contributed by atoms with Crippen molar-refractivity contribution in [2.24, 2.45) is 5.92 Å². The predicted molar refractivity (Wildman–Crippen MR) is 85.0 cm³/mol. The van der Waals surface area contributed by atoms with Gasteiger partial charge in [0, 0.05) is 10.2 Å². The van der Waals surface area contributed by atoms with Crippen molar-refractivity contribution < 1.29 is 0 Å². The first-order chi connectivity index (χ1) is 8.14. The quantitative estimate of drug-likeness (QED) is 0.356. The van der Waals surface area contributed by atoms with E-state index in [0.717, 1.165) is 11.0 Å².